The summed E-state index contributed by atoms with van der Waals surface area (Å²) in [5.41, 5.74) is 2.13. The summed E-state index contributed by atoms with van der Waals surface area (Å²) in [5.74, 6) is -0.238. The fraction of sp³-hybridized carbons (Fsp3) is 0.0400. The first-order chi connectivity index (χ1) is 13.7. The number of hydrogen-bond donors (Lipinski definition) is 0. The van der Waals surface area contributed by atoms with Crippen molar-refractivity contribution in [1.29, 1.82) is 0 Å². The van der Waals surface area contributed by atoms with Gasteiger partial charge in [0.1, 0.15) is 5.82 Å². The molecular weight excluding hydrogens is 364 g/mol. The third kappa shape index (κ3) is 3.56. The Hall–Kier alpha value is -2.96. The van der Waals surface area contributed by atoms with E-state index in [4.69, 9.17) is 4.74 Å². The van der Waals surface area contributed by atoms with Crippen LogP contribution in [0.25, 0.3) is 0 Å². The third-order valence-corrected chi connectivity index (χ3v) is 8.43. The van der Waals surface area contributed by atoms with Gasteiger partial charge in [-0.2, -0.15) is 0 Å². The molecule has 138 valence electrons. The maximum absolute atomic E-state index is 13.7. The first kappa shape index (κ1) is 18.4. The Kier molecular flexibility index (Phi) is 5.23. The lowest BCUT2D eigenvalue weighted by molar-refractivity contribution is 0.628. The second-order valence-corrected chi connectivity index (χ2v) is 9.74. The smallest absolute Gasteiger partial charge is 0.123 e. The summed E-state index contributed by atoms with van der Waals surface area (Å²) in [6, 6.07) is 35.8. The van der Waals surface area contributed by atoms with E-state index in [0.29, 0.717) is 0 Å². The van der Waals surface area contributed by atoms with Crippen LogP contribution in [0.1, 0.15) is 5.56 Å². The van der Waals surface area contributed by atoms with Crippen LogP contribution in [0.4, 0.5) is 10.1 Å². The third-order valence-electron chi connectivity index (χ3n) is 4.76. The molecule has 0 amide bonds. The van der Waals surface area contributed by atoms with Crippen molar-refractivity contribution in [2.24, 2.45) is 4.74 Å². The average Bonchev–Trinajstić information content (AvgIpc) is 2.75. The molecule has 0 aliphatic carbocycles. The molecule has 4 aromatic rings. The monoisotopic (exact) mass is 385 g/mol. The van der Waals surface area contributed by atoms with Crippen LogP contribution in [-0.2, 0) is 0 Å². The van der Waals surface area contributed by atoms with Gasteiger partial charge in [0.05, 0.1) is 12.7 Å². The molecule has 0 bridgehead atoms. The van der Waals surface area contributed by atoms with E-state index < -0.39 is 7.05 Å². The maximum atomic E-state index is 13.7. The largest absolute Gasteiger partial charge is 0.254 e. The number of hydrogen-bond acceptors (Lipinski definition) is 1. The number of rotatable bonds is 4. The van der Waals surface area contributed by atoms with E-state index in [-0.39, 0.29) is 5.82 Å². The molecule has 4 aromatic carbocycles. The molecule has 0 fully saturated rings. The summed E-state index contributed by atoms with van der Waals surface area (Å²) in [4.78, 5) is 0. The molecule has 0 unspecified atom stereocenters. The molecule has 0 aromatic heterocycles. The summed E-state index contributed by atoms with van der Waals surface area (Å²) >= 11 is 0. The van der Waals surface area contributed by atoms with Gasteiger partial charge in [0, 0.05) is 15.9 Å². The van der Waals surface area contributed by atoms with Crippen molar-refractivity contribution in [3.63, 3.8) is 0 Å². The summed E-state index contributed by atoms with van der Waals surface area (Å²) < 4.78 is 19.1. The van der Waals surface area contributed by atoms with Crippen LogP contribution in [0, 0.1) is 12.7 Å². The summed E-state index contributed by atoms with van der Waals surface area (Å²) in [7, 11) is -2.35. The van der Waals surface area contributed by atoms with Crippen molar-refractivity contribution in [2.45, 2.75) is 6.92 Å². The van der Waals surface area contributed by atoms with Crippen molar-refractivity contribution >= 4 is 28.7 Å². The highest BCUT2D eigenvalue weighted by atomic mass is 31.2. The zero-order chi connectivity index (χ0) is 19.4. The van der Waals surface area contributed by atoms with Crippen molar-refractivity contribution in [2.75, 3.05) is 0 Å². The van der Waals surface area contributed by atoms with Gasteiger partial charge >= 0.3 is 0 Å². The molecule has 28 heavy (non-hydrogen) atoms. The zero-order valence-corrected chi connectivity index (χ0v) is 16.6. The Morgan fingerprint density at radius 1 is 0.571 bits per heavy atom. The lowest BCUT2D eigenvalue weighted by atomic mass is 10.2. The molecule has 0 saturated carbocycles. The van der Waals surface area contributed by atoms with Crippen molar-refractivity contribution < 1.29 is 4.39 Å². The predicted molar refractivity (Wildman–Crippen MR) is 118 cm³/mol. The van der Waals surface area contributed by atoms with Crippen LogP contribution >= 0.6 is 7.05 Å². The number of nitrogens with zero attached hydrogens (tertiary/aromatic N) is 1. The minimum atomic E-state index is -2.35. The van der Waals surface area contributed by atoms with E-state index in [9.17, 15) is 4.39 Å². The van der Waals surface area contributed by atoms with E-state index in [2.05, 4.69) is 55.5 Å². The first-order valence-electron chi connectivity index (χ1n) is 9.25. The Balaban J connectivity index is 2.11. The Bertz CT molecular complexity index is 1060. The van der Waals surface area contributed by atoms with Crippen LogP contribution < -0.4 is 15.9 Å². The molecule has 0 aliphatic rings. The second kappa shape index (κ2) is 7.96. The molecule has 1 nitrogen and oxygen atoms in total. The van der Waals surface area contributed by atoms with Gasteiger partial charge in [0.2, 0.25) is 0 Å². The molecule has 3 heteroatoms. The highest BCUT2D eigenvalue weighted by Crippen LogP contribution is 2.49. The van der Waals surface area contributed by atoms with Gasteiger partial charge in [-0.1, -0.05) is 78.4 Å². The molecular formula is C25H21FNP. The average molecular weight is 385 g/mol. The highest BCUT2D eigenvalue weighted by molar-refractivity contribution is 7.87. The SMILES string of the molecule is Cc1ccc(N=P(c2ccccc2)(c2ccccc2)c2ccc(F)cc2)cc1. The van der Waals surface area contributed by atoms with Crippen LogP contribution in [0.15, 0.2) is 114 Å². The van der Waals surface area contributed by atoms with Gasteiger partial charge in [-0.3, -0.25) is 4.74 Å². The van der Waals surface area contributed by atoms with Crippen molar-refractivity contribution in [3.8, 4) is 0 Å². The Labute approximate surface area is 165 Å². The highest BCUT2D eigenvalue weighted by Gasteiger charge is 2.27. The lowest BCUT2D eigenvalue weighted by Gasteiger charge is -2.27. The quantitative estimate of drug-likeness (QED) is 0.385. The van der Waals surface area contributed by atoms with Crippen LogP contribution in [0.5, 0.6) is 0 Å². The first-order valence-corrected chi connectivity index (χ1v) is 11.0. The Morgan fingerprint density at radius 3 is 1.54 bits per heavy atom. The van der Waals surface area contributed by atoms with E-state index in [0.717, 1.165) is 21.6 Å². The Morgan fingerprint density at radius 2 is 1.04 bits per heavy atom. The summed E-state index contributed by atoms with van der Waals surface area (Å²) in [6.07, 6.45) is 0. The fourth-order valence-corrected chi connectivity index (χ4v) is 6.86. The summed E-state index contributed by atoms with van der Waals surface area (Å²) in [5, 5.41) is 3.33. The van der Waals surface area contributed by atoms with Crippen LogP contribution in [-0.4, -0.2) is 0 Å². The van der Waals surface area contributed by atoms with E-state index >= 15 is 0 Å². The topological polar surface area (TPSA) is 12.4 Å². The standard InChI is InChI=1S/C25H21FNP/c1-20-12-16-22(17-13-20)27-28(23-8-4-2-5-9-23,24-10-6-3-7-11-24)25-18-14-21(26)15-19-25/h2-19H,1H3. The van der Waals surface area contributed by atoms with Gasteiger partial charge in [0.25, 0.3) is 0 Å². The molecule has 0 N–H and O–H groups in total. The molecule has 0 heterocycles. The predicted octanol–water partition coefficient (Wildman–Crippen LogP) is 5.94. The minimum Gasteiger partial charge on any atom is -0.254 e. The van der Waals surface area contributed by atoms with Crippen molar-refractivity contribution in [1.82, 2.24) is 0 Å². The number of aryl methyl sites for hydroxylation is 1. The maximum Gasteiger partial charge on any atom is 0.123 e. The summed E-state index contributed by atoms with van der Waals surface area (Å²) in [6.45, 7) is 2.07. The normalized spacial score (nSPS) is 11.2. The van der Waals surface area contributed by atoms with Gasteiger partial charge in [-0.25, -0.2) is 4.39 Å². The molecule has 0 saturated heterocycles. The van der Waals surface area contributed by atoms with Gasteiger partial charge in [-0.15, -0.1) is 0 Å². The number of benzene rings is 4. The van der Waals surface area contributed by atoms with E-state index in [1.807, 2.05) is 48.5 Å². The molecule has 0 atom stereocenters. The fourth-order valence-electron chi connectivity index (χ4n) is 3.35. The van der Waals surface area contributed by atoms with Crippen molar-refractivity contribution in [3.05, 3.63) is 121 Å². The lowest BCUT2D eigenvalue weighted by Crippen LogP contribution is -2.25. The zero-order valence-electron chi connectivity index (χ0n) is 15.7. The van der Waals surface area contributed by atoms with Gasteiger partial charge in [0.15, 0.2) is 0 Å². The molecule has 0 aliphatic heterocycles. The molecule has 4 rings (SSSR count). The second-order valence-electron chi connectivity index (χ2n) is 6.72. The minimum absolute atomic E-state index is 0.238. The van der Waals surface area contributed by atoms with E-state index in [1.165, 1.54) is 17.7 Å². The van der Waals surface area contributed by atoms with E-state index in [1.54, 1.807) is 0 Å². The van der Waals surface area contributed by atoms with Crippen LogP contribution in [0.2, 0.25) is 0 Å². The molecule has 0 spiro atoms. The molecule has 0 radical (unpaired) electrons. The number of halogens is 1. The van der Waals surface area contributed by atoms with Crippen LogP contribution in [0.3, 0.4) is 0 Å². The van der Waals surface area contributed by atoms with Gasteiger partial charge in [-0.05, 0) is 43.3 Å². The van der Waals surface area contributed by atoms with Gasteiger partial charge < -0.3 is 0 Å².